The quantitative estimate of drug-likeness (QED) is 0.315. The number of halogens is 1. The van der Waals surface area contributed by atoms with Gasteiger partial charge < -0.3 is 20.4 Å². The van der Waals surface area contributed by atoms with Crippen LogP contribution in [0.15, 0.2) is 23.8 Å². The standard InChI is InChI=1S/C13H17N2O2.C4H4IN.Li/c1-10(2)14-13(16)9-15-7-8-17-12-6-4-3-5-11(12)15;1-3(2)4(5)6;/h3,5-6,10H,7-9H2,1-2H3,(H,14,16);1H,2H3;/q-1;-2;+1. The topological polar surface area (TPSA) is 63.9 Å². The van der Waals surface area contributed by atoms with Crippen molar-refractivity contribution in [2.75, 3.05) is 24.6 Å². The molecular formula is C17H21ILiN3O2-2. The molecule has 0 saturated carbocycles. The minimum Gasteiger partial charge on any atom is -0.899 e. The van der Waals surface area contributed by atoms with E-state index in [4.69, 9.17) is 16.7 Å². The smallest absolute Gasteiger partial charge is 0.899 e. The van der Waals surface area contributed by atoms with Gasteiger partial charge in [-0.15, -0.1) is 12.1 Å². The van der Waals surface area contributed by atoms with Gasteiger partial charge in [0.1, 0.15) is 0 Å². The first-order chi connectivity index (χ1) is 10.8. The van der Waals surface area contributed by atoms with Crippen LogP contribution < -0.4 is 33.8 Å². The Kier molecular flexibility index (Phi) is 11.1. The molecular weight excluding hydrogens is 412 g/mol. The number of benzene rings is 1. The molecule has 0 fully saturated rings. The molecule has 0 radical (unpaired) electrons. The van der Waals surface area contributed by atoms with Crippen molar-refractivity contribution in [3.63, 3.8) is 0 Å². The van der Waals surface area contributed by atoms with Crippen LogP contribution in [0.5, 0.6) is 5.75 Å². The Balaban J connectivity index is 0.000000655. The second-order valence-corrected chi connectivity index (χ2v) is 6.38. The van der Waals surface area contributed by atoms with E-state index in [0.717, 1.165) is 18.0 Å². The van der Waals surface area contributed by atoms with Gasteiger partial charge in [-0.2, -0.15) is 34.7 Å². The van der Waals surface area contributed by atoms with E-state index >= 15 is 0 Å². The van der Waals surface area contributed by atoms with E-state index in [1.165, 1.54) is 0 Å². The number of amides is 1. The number of rotatable bonds is 4. The number of carbonyl (C=O) groups is 1. The van der Waals surface area contributed by atoms with Crippen molar-refractivity contribution in [3.05, 3.63) is 41.8 Å². The number of fused-ring (bicyclic) bond motifs is 1. The maximum atomic E-state index is 11.7. The summed E-state index contributed by atoms with van der Waals surface area (Å²) in [5, 5.41) is 11.3. The van der Waals surface area contributed by atoms with Crippen LogP contribution in [0.4, 0.5) is 5.69 Å². The molecule has 0 aromatic heterocycles. The molecule has 1 N–H and O–H groups in total. The molecule has 0 bridgehead atoms. The first kappa shape index (κ1) is 23.0. The number of anilines is 1. The molecule has 1 aliphatic rings. The van der Waals surface area contributed by atoms with Crippen molar-refractivity contribution in [2.45, 2.75) is 26.8 Å². The molecule has 126 valence electrons. The molecule has 0 aliphatic carbocycles. The maximum absolute atomic E-state index is 11.7. The van der Waals surface area contributed by atoms with Crippen LogP contribution in [0.2, 0.25) is 0 Å². The van der Waals surface area contributed by atoms with E-state index in [0.29, 0.717) is 18.7 Å². The van der Waals surface area contributed by atoms with Crippen LogP contribution >= 0.6 is 22.6 Å². The van der Waals surface area contributed by atoms with Crippen molar-refractivity contribution in [1.29, 1.82) is 0 Å². The number of allylic oxidation sites excluding steroid dienone is 1. The summed E-state index contributed by atoms with van der Waals surface area (Å²) in [5.41, 5.74) is 1.43. The Morgan fingerprint density at radius 1 is 1.58 bits per heavy atom. The van der Waals surface area contributed by atoms with Gasteiger partial charge in [0.05, 0.1) is 13.2 Å². The summed E-state index contributed by atoms with van der Waals surface area (Å²) in [5.74, 6) is 0.844. The predicted octanol–water partition coefficient (Wildman–Crippen LogP) is -0.0172. The zero-order valence-electron chi connectivity index (χ0n) is 14.6. The zero-order chi connectivity index (χ0) is 17.4. The predicted molar refractivity (Wildman–Crippen MR) is 102 cm³/mol. The maximum Gasteiger partial charge on any atom is 1.00 e. The molecule has 1 amide bonds. The van der Waals surface area contributed by atoms with E-state index in [1.807, 2.05) is 36.9 Å². The van der Waals surface area contributed by atoms with Crippen LogP contribution in [0.3, 0.4) is 0 Å². The normalized spacial score (nSPS) is 12.0. The molecule has 1 heterocycles. The molecule has 0 atom stereocenters. The molecule has 2 rings (SSSR count). The molecule has 0 spiro atoms. The summed E-state index contributed by atoms with van der Waals surface area (Å²) in [4.78, 5) is 13.8. The van der Waals surface area contributed by atoms with Crippen molar-refractivity contribution in [3.8, 4) is 5.75 Å². The number of ether oxygens (including phenoxy) is 1. The second kappa shape index (κ2) is 11.6. The Labute approximate surface area is 170 Å². The van der Waals surface area contributed by atoms with Gasteiger partial charge in [-0.3, -0.25) is 15.1 Å². The fraction of sp³-hybridized carbons (Fsp3) is 0.412. The molecule has 1 aromatic carbocycles. The summed E-state index contributed by atoms with van der Waals surface area (Å²) in [6.07, 6.45) is 0. The number of carbonyl (C=O) groups excluding carboxylic acids is 1. The fourth-order valence-corrected chi connectivity index (χ4v) is 1.88. The summed E-state index contributed by atoms with van der Waals surface area (Å²) in [6, 6.07) is 8.72. The Morgan fingerprint density at radius 3 is 2.75 bits per heavy atom. The molecule has 7 heteroatoms. The summed E-state index contributed by atoms with van der Waals surface area (Å²) in [6.45, 7) is 12.3. The first-order valence-electron chi connectivity index (χ1n) is 7.29. The number of nitrogens with one attached hydrogen (secondary N) is 1. The van der Waals surface area contributed by atoms with Crippen molar-refractivity contribution in [1.82, 2.24) is 5.32 Å². The van der Waals surface area contributed by atoms with Crippen LogP contribution in [-0.4, -0.2) is 35.4 Å². The van der Waals surface area contributed by atoms with Crippen molar-refractivity contribution >= 4 is 37.9 Å². The van der Waals surface area contributed by atoms with E-state index in [2.05, 4.69) is 11.4 Å². The molecule has 24 heavy (non-hydrogen) atoms. The van der Waals surface area contributed by atoms with Crippen molar-refractivity contribution < 1.29 is 28.4 Å². The van der Waals surface area contributed by atoms with Gasteiger partial charge in [-0.25, -0.2) is 5.57 Å². The number of nitrogens with zero attached hydrogens (tertiary/aromatic N) is 2. The number of hydrogen-bond acceptors (Lipinski definition) is 3. The third-order valence-corrected chi connectivity index (χ3v) is 3.72. The van der Waals surface area contributed by atoms with Crippen LogP contribution in [0.25, 0.3) is 5.41 Å². The van der Waals surface area contributed by atoms with Gasteiger partial charge in [0.2, 0.25) is 5.91 Å². The van der Waals surface area contributed by atoms with Crippen molar-refractivity contribution in [2.24, 2.45) is 0 Å². The molecule has 5 nitrogen and oxygen atoms in total. The molecule has 1 aliphatic heterocycles. The molecule has 1 aromatic rings. The zero-order valence-corrected chi connectivity index (χ0v) is 16.8. The van der Waals surface area contributed by atoms with Gasteiger partial charge in [-0.05, 0) is 19.5 Å². The molecule has 0 unspecified atom stereocenters. The van der Waals surface area contributed by atoms with E-state index in [9.17, 15) is 4.79 Å². The largest absolute Gasteiger partial charge is 1.00 e. The Bertz CT molecular complexity index is 567. The fourth-order valence-electron chi connectivity index (χ4n) is 1.88. The SMILES string of the molecule is CC(C)NC(=O)CN1CCOc2c[c-]ccc21.[CH-]=C(C)C(=[N-])I.[Li+]. The van der Waals surface area contributed by atoms with Gasteiger partial charge in [0.25, 0.3) is 0 Å². The average Bonchev–Trinajstić information content (AvgIpc) is 2.47. The Hall–Kier alpha value is -0.973. The van der Waals surface area contributed by atoms with Crippen LogP contribution in [0.1, 0.15) is 20.8 Å². The minimum absolute atomic E-state index is 0. The molecule has 0 saturated heterocycles. The number of hydrogen-bond donors (Lipinski definition) is 1. The monoisotopic (exact) mass is 433 g/mol. The van der Waals surface area contributed by atoms with Crippen LogP contribution in [-0.2, 0) is 4.79 Å². The summed E-state index contributed by atoms with van der Waals surface area (Å²) < 4.78 is 5.69. The summed E-state index contributed by atoms with van der Waals surface area (Å²) in [7, 11) is 0. The van der Waals surface area contributed by atoms with E-state index in [-0.39, 0.29) is 34.5 Å². The average molecular weight is 433 g/mol. The second-order valence-electron chi connectivity index (χ2n) is 5.36. The third kappa shape index (κ3) is 8.22. The Morgan fingerprint density at radius 2 is 2.21 bits per heavy atom. The van der Waals surface area contributed by atoms with Gasteiger partial charge in [0, 0.05) is 18.3 Å². The van der Waals surface area contributed by atoms with Crippen LogP contribution in [0, 0.1) is 12.6 Å². The third-order valence-electron chi connectivity index (χ3n) is 2.87. The summed E-state index contributed by atoms with van der Waals surface area (Å²) >= 11 is 1.74. The van der Waals surface area contributed by atoms with Gasteiger partial charge in [-0.1, -0.05) is 6.92 Å². The van der Waals surface area contributed by atoms with Gasteiger partial charge >= 0.3 is 18.9 Å². The first-order valence-corrected chi connectivity index (χ1v) is 8.37. The van der Waals surface area contributed by atoms with E-state index in [1.54, 1.807) is 29.5 Å². The minimum atomic E-state index is 0. The van der Waals surface area contributed by atoms with E-state index < -0.39 is 0 Å². The van der Waals surface area contributed by atoms with Gasteiger partial charge in [0.15, 0.2) is 0 Å².